The van der Waals surface area contributed by atoms with E-state index in [9.17, 15) is 9.90 Å². The standard InChI is InChI=1S/C30H45NO4/c1-21(13-9-15-23(3)29(33)34)11-8-12-22(2)14-10-17-30(5)18-16-25-26(20-31(6)7)27(32)19-24(4)28(25)35-30/h11,14-15,19,32H,8-10,12-13,16-18,20H2,1-7H3,(H,33,34)/b21-11+,22-14+,23-15+/t30-/m1/s1. The van der Waals surface area contributed by atoms with Gasteiger partial charge in [0.25, 0.3) is 0 Å². The number of benzene rings is 1. The maximum Gasteiger partial charge on any atom is 0.330 e. The van der Waals surface area contributed by atoms with E-state index in [1.807, 2.05) is 27.1 Å². The number of carbonyl (C=O) groups is 1. The van der Waals surface area contributed by atoms with Crippen molar-refractivity contribution in [3.05, 3.63) is 57.7 Å². The van der Waals surface area contributed by atoms with Gasteiger partial charge >= 0.3 is 5.97 Å². The molecule has 1 aromatic carbocycles. The zero-order valence-electron chi connectivity index (χ0n) is 22.8. The molecule has 2 rings (SSSR count). The monoisotopic (exact) mass is 483 g/mol. The van der Waals surface area contributed by atoms with Crippen molar-refractivity contribution in [3.8, 4) is 11.5 Å². The molecule has 1 heterocycles. The van der Waals surface area contributed by atoms with Crippen LogP contribution in [0.3, 0.4) is 0 Å². The highest BCUT2D eigenvalue weighted by Crippen LogP contribution is 2.43. The number of carboxylic acid groups (broad SMARTS) is 1. The largest absolute Gasteiger partial charge is 0.508 e. The van der Waals surface area contributed by atoms with E-state index >= 15 is 0 Å². The van der Waals surface area contributed by atoms with Crippen LogP contribution in [0, 0.1) is 6.92 Å². The van der Waals surface area contributed by atoms with E-state index in [1.165, 1.54) is 11.1 Å². The molecule has 0 spiro atoms. The Morgan fingerprint density at radius 3 is 2.29 bits per heavy atom. The summed E-state index contributed by atoms with van der Waals surface area (Å²) >= 11 is 0. The first-order valence-electron chi connectivity index (χ1n) is 12.8. The minimum absolute atomic E-state index is 0.195. The summed E-state index contributed by atoms with van der Waals surface area (Å²) in [6, 6.07) is 1.84. The quantitative estimate of drug-likeness (QED) is 0.245. The van der Waals surface area contributed by atoms with Crippen molar-refractivity contribution in [2.45, 2.75) is 98.1 Å². The number of phenols is 1. The predicted octanol–water partition coefficient (Wildman–Crippen LogP) is 7.11. The Kier molecular flexibility index (Phi) is 10.6. The zero-order valence-corrected chi connectivity index (χ0v) is 22.8. The van der Waals surface area contributed by atoms with Gasteiger partial charge in [-0.15, -0.1) is 0 Å². The number of aliphatic carboxylic acids is 1. The van der Waals surface area contributed by atoms with Crippen molar-refractivity contribution < 1.29 is 19.7 Å². The molecular formula is C30H45NO4. The van der Waals surface area contributed by atoms with E-state index in [0.29, 0.717) is 17.9 Å². The molecule has 0 fully saturated rings. The molecule has 0 unspecified atom stereocenters. The van der Waals surface area contributed by atoms with E-state index in [0.717, 1.165) is 73.8 Å². The van der Waals surface area contributed by atoms with Gasteiger partial charge in [0.05, 0.1) is 0 Å². The Morgan fingerprint density at radius 1 is 1.09 bits per heavy atom. The molecule has 1 aliphatic rings. The minimum Gasteiger partial charge on any atom is -0.508 e. The van der Waals surface area contributed by atoms with Crippen LogP contribution in [0.25, 0.3) is 0 Å². The molecule has 0 aliphatic carbocycles. The topological polar surface area (TPSA) is 70.0 Å². The van der Waals surface area contributed by atoms with Crippen LogP contribution in [-0.2, 0) is 17.8 Å². The molecule has 1 aromatic rings. The summed E-state index contributed by atoms with van der Waals surface area (Å²) in [6.07, 6.45) is 14.0. The van der Waals surface area contributed by atoms with Gasteiger partial charge in [0, 0.05) is 23.2 Å². The van der Waals surface area contributed by atoms with Gasteiger partial charge in [-0.2, -0.15) is 0 Å². The van der Waals surface area contributed by atoms with Gasteiger partial charge in [-0.3, -0.25) is 0 Å². The Hall–Kier alpha value is -2.53. The van der Waals surface area contributed by atoms with E-state index in [-0.39, 0.29) is 5.60 Å². The minimum atomic E-state index is -0.840. The number of hydrogen-bond acceptors (Lipinski definition) is 4. The van der Waals surface area contributed by atoms with Crippen molar-refractivity contribution in [3.63, 3.8) is 0 Å². The van der Waals surface area contributed by atoms with Crippen molar-refractivity contribution in [1.29, 1.82) is 0 Å². The molecule has 5 nitrogen and oxygen atoms in total. The number of rotatable bonds is 12. The predicted molar refractivity (Wildman–Crippen MR) is 144 cm³/mol. The second-order valence-electron chi connectivity index (χ2n) is 10.7. The van der Waals surface area contributed by atoms with Gasteiger partial charge in [-0.05, 0) is 112 Å². The first kappa shape index (κ1) is 28.7. The lowest BCUT2D eigenvalue weighted by Gasteiger charge is -2.38. The summed E-state index contributed by atoms with van der Waals surface area (Å²) in [6.45, 7) is 10.9. The normalized spacial score (nSPS) is 19.0. The summed E-state index contributed by atoms with van der Waals surface area (Å²) in [5.74, 6) is 0.493. The summed E-state index contributed by atoms with van der Waals surface area (Å²) < 4.78 is 6.58. The number of aromatic hydroxyl groups is 1. The van der Waals surface area contributed by atoms with Gasteiger partial charge in [0.1, 0.15) is 17.1 Å². The van der Waals surface area contributed by atoms with E-state index in [1.54, 1.807) is 13.0 Å². The molecule has 0 bridgehead atoms. The number of ether oxygens (including phenoxy) is 1. The van der Waals surface area contributed by atoms with Crippen molar-refractivity contribution in [2.75, 3.05) is 14.1 Å². The number of nitrogens with zero attached hydrogens (tertiary/aromatic N) is 1. The molecular weight excluding hydrogens is 438 g/mol. The maximum atomic E-state index is 10.9. The Bertz CT molecular complexity index is 987. The average molecular weight is 484 g/mol. The second-order valence-corrected chi connectivity index (χ2v) is 10.7. The Balaban J connectivity index is 1.88. The van der Waals surface area contributed by atoms with Crippen molar-refractivity contribution in [1.82, 2.24) is 4.90 Å². The van der Waals surface area contributed by atoms with Crippen LogP contribution in [0.4, 0.5) is 0 Å². The number of phenolic OH excluding ortho intramolecular Hbond substituents is 1. The lowest BCUT2D eigenvalue weighted by molar-refractivity contribution is -0.132. The van der Waals surface area contributed by atoms with Crippen LogP contribution < -0.4 is 4.74 Å². The molecule has 0 radical (unpaired) electrons. The molecule has 5 heteroatoms. The van der Waals surface area contributed by atoms with Crippen LogP contribution in [0.5, 0.6) is 11.5 Å². The van der Waals surface area contributed by atoms with Crippen LogP contribution in [0.15, 0.2) is 41.0 Å². The molecule has 0 saturated carbocycles. The van der Waals surface area contributed by atoms with Crippen molar-refractivity contribution >= 4 is 5.97 Å². The summed E-state index contributed by atoms with van der Waals surface area (Å²) in [7, 11) is 4.04. The SMILES string of the molecule is C/C(=C\CC/C(C)=C/CC[C@]1(C)CCc2c(CN(C)C)c(O)cc(C)c2O1)CC/C=C(\C)C(=O)O. The number of carboxylic acids is 1. The van der Waals surface area contributed by atoms with E-state index < -0.39 is 5.97 Å². The molecule has 0 saturated heterocycles. The molecule has 194 valence electrons. The maximum absolute atomic E-state index is 10.9. The highest BCUT2D eigenvalue weighted by Gasteiger charge is 2.33. The van der Waals surface area contributed by atoms with Crippen LogP contribution in [0.2, 0.25) is 0 Å². The highest BCUT2D eigenvalue weighted by molar-refractivity contribution is 5.85. The molecule has 2 N–H and O–H groups in total. The van der Waals surface area contributed by atoms with Crippen LogP contribution in [-0.4, -0.2) is 40.8 Å². The summed E-state index contributed by atoms with van der Waals surface area (Å²) in [5, 5.41) is 19.4. The zero-order chi connectivity index (χ0) is 26.2. The highest BCUT2D eigenvalue weighted by atomic mass is 16.5. The first-order chi connectivity index (χ1) is 16.4. The number of allylic oxidation sites excluding steroid dienone is 5. The van der Waals surface area contributed by atoms with Gasteiger partial charge in [-0.1, -0.05) is 29.4 Å². The average Bonchev–Trinajstić information content (AvgIpc) is 2.76. The molecule has 1 aliphatic heterocycles. The van der Waals surface area contributed by atoms with Gasteiger partial charge in [-0.25, -0.2) is 4.79 Å². The number of aryl methyl sites for hydroxylation is 1. The van der Waals surface area contributed by atoms with Gasteiger partial charge in [0.2, 0.25) is 0 Å². The summed E-state index contributed by atoms with van der Waals surface area (Å²) in [4.78, 5) is 12.9. The molecule has 0 aromatic heterocycles. The fraction of sp³-hybridized carbons (Fsp3) is 0.567. The van der Waals surface area contributed by atoms with Gasteiger partial charge in [0.15, 0.2) is 0 Å². The second kappa shape index (κ2) is 13.0. The first-order valence-corrected chi connectivity index (χ1v) is 12.8. The molecule has 35 heavy (non-hydrogen) atoms. The third-order valence-corrected chi connectivity index (χ3v) is 6.91. The summed E-state index contributed by atoms with van der Waals surface area (Å²) in [5.41, 5.74) is 6.08. The Labute approximate surface area is 212 Å². The molecule has 1 atom stereocenters. The lowest BCUT2D eigenvalue weighted by atomic mass is 9.85. The molecule has 0 amide bonds. The number of hydrogen-bond donors (Lipinski definition) is 2. The Morgan fingerprint density at radius 2 is 1.69 bits per heavy atom. The van der Waals surface area contributed by atoms with E-state index in [4.69, 9.17) is 9.84 Å². The fourth-order valence-electron chi connectivity index (χ4n) is 4.63. The number of fused-ring (bicyclic) bond motifs is 1. The lowest BCUT2D eigenvalue weighted by Crippen LogP contribution is -2.37. The fourth-order valence-corrected chi connectivity index (χ4v) is 4.63. The van der Waals surface area contributed by atoms with E-state index in [2.05, 4.69) is 37.8 Å². The van der Waals surface area contributed by atoms with Crippen LogP contribution in [0.1, 0.15) is 89.3 Å². The van der Waals surface area contributed by atoms with Crippen molar-refractivity contribution in [2.24, 2.45) is 0 Å². The smallest absolute Gasteiger partial charge is 0.330 e. The van der Waals surface area contributed by atoms with Gasteiger partial charge < -0.3 is 19.8 Å². The third kappa shape index (κ3) is 8.88. The third-order valence-electron chi connectivity index (χ3n) is 6.91. The van der Waals surface area contributed by atoms with Crippen LogP contribution >= 0.6 is 0 Å².